The van der Waals surface area contributed by atoms with Gasteiger partial charge in [-0.25, -0.2) is 0 Å². The predicted molar refractivity (Wildman–Crippen MR) is 96.7 cm³/mol. The number of hydrogen-bond acceptors (Lipinski definition) is 2. The molecule has 128 valence electrons. The molecule has 0 aliphatic heterocycles. The first-order valence-corrected chi connectivity index (χ1v) is 8.22. The van der Waals surface area contributed by atoms with Crippen molar-refractivity contribution in [3.05, 3.63) is 60.3 Å². The molecule has 0 bridgehead atoms. The van der Waals surface area contributed by atoms with Crippen LogP contribution in [-0.2, 0) is 16.5 Å². The van der Waals surface area contributed by atoms with Crippen molar-refractivity contribution >= 4 is 10.8 Å². The van der Waals surface area contributed by atoms with Crippen molar-refractivity contribution in [3.63, 3.8) is 0 Å². The second kappa shape index (κ2) is 7.81. The Morgan fingerprint density at radius 2 is 1.62 bits per heavy atom. The largest absolute Gasteiger partial charge is 0.507 e. The molecular formula is C21H23NNiO. The number of fused-ring (bicyclic) bond motifs is 1. The van der Waals surface area contributed by atoms with Gasteiger partial charge in [0.05, 0.1) is 5.69 Å². The second-order valence-corrected chi connectivity index (χ2v) is 6.72. The zero-order chi connectivity index (χ0) is 16.4. The number of phenols is 1. The van der Waals surface area contributed by atoms with Crippen molar-refractivity contribution in [2.75, 3.05) is 0 Å². The molecule has 0 fully saturated rings. The molecule has 0 radical (unpaired) electrons. The maximum Gasteiger partial charge on any atom is 0.125 e. The monoisotopic (exact) mass is 363 g/mol. The van der Waals surface area contributed by atoms with E-state index in [2.05, 4.69) is 44.0 Å². The number of aromatic nitrogens is 1. The summed E-state index contributed by atoms with van der Waals surface area (Å²) >= 11 is 0. The molecule has 1 N–H and O–H groups in total. The minimum Gasteiger partial charge on any atom is -0.507 e. The van der Waals surface area contributed by atoms with Gasteiger partial charge in [-0.1, -0.05) is 45.0 Å². The van der Waals surface area contributed by atoms with Crippen LogP contribution in [0.4, 0.5) is 0 Å². The Bertz CT molecular complexity index is 829. The van der Waals surface area contributed by atoms with Gasteiger partial charge in [-0.15, -0.1) is 0 Å². The average molecular weight is 364 g/mol. The van der Waals surface area contributed by atoms with Gasteiger partial charge in [-0.2, -0.15) is 0 Å². The van der Waals surface area contributed by atoms with Crippen LogP contribution in [0.3, 0.4) is 0 Å². The molecule has 1 atom stereocenters. The Balaban J connectivity index is 0.00000208. The van der Waals surface area contributed by atoms with Crippen LogP contribution in [0.5, 0.6) is 5.75 Å². The molecule has 0 aliphatic rings. The van der Waals surface area contributed by atoms with Crippen molar-refractivity contribution in [1.29, 1.82) is 0 Å². The third kappa shape index (κ3) is 3.97. The van der Waals surface area contributed by atoms with E-state index < -0.39 is 0 Å². The molecule has 0 saturated carbocycles. The fraction of sp³-hybridized carbons (Fsp3) is 0.286. The van der Waals surface area contributed by atoms with Crippen molar-refractivity contribution in [2.24, 2.45) is 5.92 Å². The Labute approximate surface area is 153 Å². The summed E-state index contributed by atoms with van der Waals surface area (Å²) in [6, 6.07) is 16.1. The summed E-state index contributed by atoms with van der Waals surface area (Å²) < 4.78 is 0. The third-order valence-corrected chi connectivity index (χ3v) is 4.32. The normalized spacial score (nSPS) is 12.2. The molecule has 3 heteroatoms. The van der Waals surface area contributed by atoms with Crippen molar-refractivity contribution < 1.29 is 21.6 Å². The van der Waals surface area contributed by atoms with Crippen LogP contribution < -0.4 is 0 Å². The van der Waals surface area contributed by atoms with Crippen LogP contribution in [0, 0.1) is 5.92 Å². The van der Waals surface area contributed by atoms with Gasteiger partial charge >= 0.3 is 0 Å². The van der Waals surface area contributed by atoms with Gasteiger partial charge in [-0.3, -0.25) is 4.98 Å². The summed E-state index contributed by atoms with van der Waals surface area (Å²) in [6.45, 7) is 6.74. The number of pyridine rings is 1. The summed E-state index contributed by atoms with van der Waals surface area (Å²) in [5, 5.41) is 12.6. The first kappa shape index (κ1) is 18.5. The van der Waals surface area contributed by atoms with E-state index in [0.717, 1.165) is 28.5 Å². The first-order valence-electron chi connectivity index (χ1n) is 8.22. The summed E-state index contributed by atoms with van der Waals surface area (Å²) in [7, 11) is 0. The quantitative estimate of drug-likeness (QED) is 0.598. The summed E-state index contributed by atoms with van der Waals surface area (Å²) in [6.07, 6.45) is 2.99. The number of aromatic hydroxyl groups is 1. The molecule has 1 aromatic heterocycles. The van der Waals surface area contributed by atoms with E-state index in [1.807, 2.05) is 36.5 Å². The van der Waals surface area contributed by atoms with Gasteiger partial charge in [-0.05, 0) is 58.9 Å². The summed E-state index contributed by atoms with van der Waals surface area (Å²) in [5.41, 5.74) is 2.90. The van der Waals surface area contributed by atoms with Gasteiger partial charge in [0.2, 0.25) is 0 Å². The van der Waals surface area contributed by atoms with Crippen molar-refractivity contribution in [3.8, 4) is 17.0 Å². The second-order valence-electron chi connectivity index (χ2n) is 6.72. The Morgan fingerprint density at radius 1 is 0.958 bits per heavy atom. The first-order chi connectivity index (χ1) is 11.0. The van der Waals surface area contributed by atoms with Crippen LogP contribution >= 0.6 is 0 Å². The number of hydrogen-bond donors (Lipinski definition) is 1. The van der Waals surface area contributed by atoms with E-state index in [-0.39, 0.29) is 22.2 Å². The minimum absolute atomic E-state index is 0. The maximum atomic E-state index is 10.4. The molecule has 3 aromatic rings. The maximum absolute atomic E-state index is 10.4. The van der Waals surface area contributed by atoms with Crippen LogP contribution in [-0.4, -0.2) is 10.1 Å². The fourth-order valence-electron chi connectivity index (χ4n) is 3.18. The third-order valence-electron chi connectivity index (χ3n) is 4.32. The molecule has 0 aliphatic carbocycles. The topological polar surface area (TPSA) is 33.1 Å². The fourth-order valence-corrected chi connectivity index (χ4v) is 3.18. The van der Waals surface area contributed by atoms with Crippen molar-refractivity contribution in [1.82, 2.24) is 4.98 Å². The SMILES string of the molecule is CC(C)CC(C)c1ccnc(-c2cc3ccccc3cc2O)c1.[Ni]. The van der Waals surface area contributed by atoms with Crippen LogP contribution in [0.2, 0.25) is 0 Å². The van der Waals surface area contributed by atoms with Gasteiger partial charge < -0.3 is 5.11 Å². The predicted octanol–water partition coefficient (Wildman–Crippen LogP) is 5.75. The molecule has 2 nitrogen and oxygen atoms in total. The van der Waals surface area contributed by atoms with Crippen LogP contribution in [0.15, 0.2) is 54.7 Å². The van der Waals surface area contributed by atoms with E-state index in [9.17, 15) is 5.11 Å². The van der Waals surface area contributed by atoms with Crippen LogP contribution in [0.1, 0.15) is 38.7 Å². The molecular weight excluding hydrogens is 341 g/mol. The smallest absolute Gasteiger partial charge is 0.125 e. The van der Waals surface area contributed by atoms with Gasteiger partial charge in [0.15, 0.2) is 0 Å². The molecule has 1 heterocycles. The van der Waals surface area contributed by atoms with E-state index in [1.54, 1.807) is 0 Å². The summed E-state index contributed by atoms with van der Waals surface area (Å²) in [5.74, 6) is 1.43. The Kier molecular flexibility index (Phi) is 6.01. The zero-order valence-electron chi connectivity index (χ0n) is 14.3. The number of nitrogens with zero attached hydrogens (tertiary/aromatic N) is 1. The van der Waals surface area contributed by atoms with E-state index in [0.29, 0.717) is 11.8 Å². The number of rotatable bonds is 4. The zero-order valence-corrected chi connectivity index (χ0v) is 15.3. The van der Waals surface area contributed by atoms with Gasteiger partial charge in [0.1, 0.15) is 5.75 Å². The molecule has 24 heavy (non-hydrogen) atoms. The molecule has 0 spiro atoms. The standard InChI is InChI=1S/C21H23NO.Ni/c1-14(2)10-15(3)16-8-9-22-20(12-16)19-11-17-6-4-5-7-18(17)13-21(19)23;/h4-9,11-15,23H,10H2,1-3H3;. The van der Waals surface area contributed by atoms with Gasteiger partial charge in [0, 0.05) is 28.3 Å². The Hall–Kier alpha value is -1.86. The van der Waals surface area contributed by atoms with Crippen molar-refractivity contribution in [2.45, 2.75) is 33.1 Å². The van der Waals surface area contributed by atoms with E-state index in [4.69, 9.17) is 0 Å². The molecule has 0 amide bonds. The van der Waals surface area contributed by atoms with Crippen LogP contribution in [0.25, 0.3) is 22.0 Å². The molecule has 2 aromatic carbocycles. The van der Waals surface area contributed by atoms with Gasteiger partial charge in [0.25, 0.3) is 0 Å². The molecule has 3 rings (SSSR count). The molecule has 1 unspecified atom stereocenters. The molecule has 0 saturated heterocycles. The van der Waals surface area contributed by atoms with E-state index in [1.165, 1.54) is 5.56 Å². The number of phenolic OH excluding ortho intramolecular Hbond substituents is 1. The summed E-state index contributed by atoms with van der Waals surface area (Å²) in [4.78, 5) is 4.48. The Morgan fingerprint density at radius 3 is 2.29 bits per heavy atom. The van der Waals surface area contributed by atoms with E-state index >= 15 is 0 Å². The number of benzene rings is 2. The minimum atomic E-state index is 0. The average Bonchev–Trinajstić information content (AvgIpc) is 2.53.